The minimum atomic E-state index is -0.297. The van der Waals surface area contributed by atoms with Crippen LogP contribution in [0.2, 0.25) is 0 Å². The van der Waals surface area contributed by atoms with E-state index in [-0.39, 0.29) is 11.9 Å². The molecule has 1 atom stereocenters. The first kappa shape index (κ1) is 13.8. The zero-order valence-corrected chi connectivity index (χ0v) is 11.0. The quantitative estimate of drug-likeness (QED) is 0.775. The molecular weight excluding hydrogens is 217 g/mol. The zero-order chi connectivity index (χ0) is 13.0. The first-order valence-electron chi connectivity index (χ1n) is 5.86. The number of likely N-dealkylation sites (N-methyl/N-ethyl adjacent to an activating group) is 1. The first-order chi connectivity index (χ1) is 7.90. The molecule has 0 aromatic heterocycles. The number of benzene rings is 1. The molecule has 0 aliphatic rings. The minimum absolute atomic E-state index is 0.211. The summed E-state index contributed by atoms with van der Waals surface area (Å²) in [5.74, 6) is 0.128. The molecular formula is C13H22FN3. The second kappa shape index (κ2) is 5.87. The van der Waals surface area contributed by atoms with Gasteiger partial charge in [-0.05, 0) is 38.2 Å². The minimum Gasteiger partial charge on any atom is -0.399 e. The van der Waals surface area contributed by atoms with Gasteiger partial charge in [-0.15, -0.1) is 0 Å². The van der Waals surface area contributed by atoms with E-state index in [1.165, 1.54) is 6.07 Å². The third-order valence-corrected chi connectivity index (χ3v) is 2.70. The van der Waals surface area contributed by atoms with E-state index in [0.717, 1.165) is 6.54 Å². The third-order valence-electron chi connectivity index (χ3n) is 2.70. The molecule has 1 aromatic rings. The molecule has 0 aliphatic carbocycles. The van der Waals surface area contributed by atoms with Crippen molar-refractivity contribution in [3.8, 4) is 0 Å². The monoisotopic (exact) mass is 239 g/mol. The maximum absolute atomic E-state index is 13.7. The fraction of sp³-hybridized carbons (Fsp3) is 0.538. The van der Waals surface area contributed by atoms with Gasteiger partial charge in [-0.25, -0.2) is 4.39 Å². The number of hydrogen-bond donors (Lipinski definition) is 2. The Morgan fingerprint density at radius 2 is 2.00 bits per heavy atom. The van der Waals surface area contributed by atoms with Crippen molar-refractivity contribution in [2.75, 3.05) is 31.7 Å². The maximum Gasteiger partial charge on any atom is 0.148 e. The van der Waals surface area contributed by atoms with Crippen LogP contribution < -0.4 is 11.1 Å². The molecule has 0 fully saturated rings. The van der Waals surface area contributed by atoms with Crippen molar-refractivity contribution in [1.29, 1.82) is 0 Å². The Hall–Kier alpha value is -1.29. The van der Waals surface area contributed by atoms with Crippen molar-refractivity contribution in [2.24, 2.45) is 5.92 Å². The molecule has 3 nitrogen and oxygen atoms in total. The van der Waals surface area contributed by atoms with Gasteiger partial charge in [0.15, 0.2) is 0 Å². The Kier molecular flexibility index (Phi) is 4.75. The van der Waals surface area contributed by atoms with Crippen molar-refractivity contribution in [2.45, 2.75) is 19.9 Å². The van der Waals surface area contributed by atoms with Crippen LogP contribution in [0.3, 0.4) is 0 Å². The number of halogens is 1. The molecule has 0 heterocycles. The molecule has 0 radical (unpaired) electrons. The number of hydrogen-bond acceptors (Lipinski definition) is 3. The lowest BCUT2D eigenvalue weighted by atomic mass is 10.0. The van der Waals surface area contributed by atoms with Crippen LogP contribution in [0.15, 0.2) is 18.2 Å². The summed E-state index contributed by atoms with van der Waals surface area (Å²) in [5.41, 5.74) is 6.48. The van der Waals surface area contributed by atoms with Crippen molar-refractivity contribution in [3.63, 3.8) is 0 Å². The molecule has 1 aromatic carbocycles. The van der Waals surface area contributed by atoms with Crippen LogP contribution in [0.5, 0.6) is 0 Å². The van der Waals surface area contributed by atoms with Crippen LogP contribution >= 0.6 is 0 Å². The van der Waals surface area contributed by atoms with E-state index >= 15 is 0 Å². The van der Waals surface area contributed by atoms with Gasteiger partial charge >= 0.3 is 0 Å². The third kappa shape index (κ3) is 4.23. The van der Waals surface area contributed by atoms with Crippen LogP contribution in [0, 0.1) is 11.7 Å². The number of nitrogens with two attached hydrogens (primary N) is 1. The fourth-order valence-corrected chi connectivity index (χ4v) is 1.66. The van der Waals surface area contributed by atoms with Gasteiger partial charge in [-0.3, -0.25) is 0 Å². The molecule has 0 spiro atoms. The summed E-state index contributed by atoms with van der Waals surface area (Å²) in [6.45, 7) is 5.11. The molecule has 1 unspecified atom stereocenters. The van der Waals surface area contributed by atoms with Gasteiger partial charge in [0.1, 0.15) is 5.82 Å². The molecule has 0 saturated heterocycles. The normalized spacial score (nSPS) is 13.1. The molecule has 0 saturated carbocycles. The molecule has 3 N–H and O–H groups in total. The summed E-state index contributed by atoms with van der Waals surface area (Å²) in [6.07, 6.45) is 0. The SMILES string of the molecule is CC(C)C(CN(C)C)Nc1ccc(N)cc1F. The van der Waals surface area contributed by atoms with E-state index in [1.807, 2.05) is 14.1 Å². The van der Waals surface area contributed by atoms with Gasteiger partial charge in [-0.1, -0.05) is 13.8 Å². The van der Waals surface area contributed by atoms with Crippen LogP contribution in [0.4, 0.5) is 15.8 Å². The van der Waals surface area contributed by atoms with E-state index < -0.39 is 0 Å². The highest BCUT2D eigenvalue weighted by molar-refractivity contribution is 5.53. The van der Waals surface area contributed by atoms with E-state index in [2.05, 4.69) is 24.1 Å². The second-order valence-corrected chi connectivity index (χ2v) is 5.00. The van der Waals surface area contributed by atoms with Gasteiger partial charge < -0.3 is 16.0 Å². The Labute approximate surface area is 103 Å². The number of nitrogens with one attached hydrogen (secondary N) is 1. The van der Waals surface area contributed by atoms with Crippen LogP contribution in [0.25, 0.3) is 0 Å². The lowest BCUT2D eigenvalue weighted by molar-refractivity contribution is 0.344. The first-order valence-corrected chi connectivity index (χ1v) is 5.86. The average Bonchev–Trinajstić information content (AvgIpc) is 2.19. The van der Waals surface area contributed by atoms with E-state index in [9.17, 15) is 4.39 Å². The summed E-state index contributed by atoms with van der Waals surface area (Å²) in [7, 11) is 4.02. The van der Waals surface area contributed by atoms with E-state index in [1.54, 1.807) is 12.1 Å². The topological polar surface area (TPSA) is 41.3 Å². The lowest BCUT2D eigenvalue weighted by Gasteiger charge is -2.26. The Bertz CT molecular complexity index is 364. The van der Waals surface area contributed by atoms with E-state index in [4.69, 9.17) is 5.73 Å². The second-order valence-electron chi connectivity index (χ2n) is 5.00. The molecule has 17 heavy (non-hydrogen) atoms. The Morgan fingerprint density at radius 3 is 2.47 bits per heavy atom. The largest absolute Gasteiger partial charge is 0.399 e. The highest BCUT2D eigenvalue weighted by Gasteiger charge is 2.15. The van der Waals surface area contributed by atoms with Gasteiger partial charge in [-0.2, -0.15) is 0 Å². The number of nitrogens with zero attached hydrogens (tertiary/aromatic N) is 1. The number of anilines is 2. The lowest BCUT2D eigenvalue weighted by Crippen LogP contribution is -2.36. The van der Waals surface area contributed by atoms with Crippen molar-refractivity contribution >= 4 is 11.4 Å². The molecule has 0 bridgehead atoms. The number of rotatable bonds is 5. The Morgan fingerprint density at radius 1 is 1.35 bits per heavy atom. The summed E-state index contributed by atoms with van der Waals surface area (Å²) < 4.78 is 13.7. The standard InChI is InChI=1S/C13H22FN3/c1-9(2)13(8-17(3)4)16-12-6-5-10(15)7-11(12)14/h5-7,9,13,16H,8,15H2,1-4H3. The highest BCUT2D eigenvalue weighted by atomic mass is 19.1. The van der Waals surface area contributed by atoms with Crippen LogP contribution in [-0.4, -0.2) is 31.6 Å². The Balaban J connectivity index is 2.78. The van der Waals surface area contributed by atoms with Crippen LogP contribution in [-0.2, 0) is 0 Å². The molecule has 0 aliphatic heterocycles. The summed E-state index contributed by atoms with van der Waals surface area (Å²) in [4.78, 5) is 2.09. The van der Waals surface area contributed by atoms with Gasteiger partial charge in [0.2, 0.25) is 0 Å². The van der Waals surface area contributed by atoms with Gasteiger partial charge in [0, 0.05) is 18.3 Å². The fourth-order valence-electron chi connectivity index (χ4n) is 1.66. The van der Waals surface area contributed by atoms with Gasteiger partial charge in [0.05, 0.1) is 5.69 Å². The highest BCUT2D eigenvalue weighted by Crippen LogP contribution is 2.19. The predicted molar refractivity (Wildman–Crippen MR) is 71.6 cm³/mol. The van der Waals surface area contributed by atoms with Crippen molar-refractivity contribution < 1.29 is 4.39 Å². The summed E-state index contributed by atoms with van der Waals surface area (Å²) >= 11 is 0. The van der Waals surface area contributed by atoms with Gasteiger partial charge in [0.25, 0.3) is 0 Å². The van der Waals surface area contributed by atoms with Crippen molar-refractivity contribution in [1.82, 2.24) is 4.90 Å². The summed E-state index contributed by atoms with van der Waals surface area (Å²) in [5, 5.41) is 3.23. The average molecular weight is 239 g/mol. The predicted octanol–water partition coefficient (Wildman–Crippen LogP) is 2.41. The molecule has 96 valence electrons. The van der Waals surface area contributed by atoms with E-state index in [0.29, 0.717) is 17.3 Å². The molecule has 4 heteroatoms. The molecule has 1 rings (SSSR count). The smallest absolute Gasteiger partial charge is 0.148 e. The summed E-state index contributed by atoms with van der Waals surface area (Å²) in [6, 6.07) is 4.95. The zero-order valence-electron chi connectivity index (χ0n) is 11.0. The number of nitrogen functional groups attached to an aromatic ring is 1. The molecule has 0 amide bonds. The maximum atomic E-state index is 13.7. The van der Waals surface area contributed by atoms with Crippen LogP contribution in [0.1, 0.15) is 13.8 Å². The van der Waals surface area contributed by atoms with Crippen molar-refractivity contribution in [3.05, 3.63) is 24.0 Å².